The highest BCUT2D eigenvalue weighted by Gasteiger charge is 2.42. The fourth-order valence-corrected chi connectivity index (χ4v) is 2.71. The summed E-state index contributed by atoms with van der Waals surface area (Å²) < 4.78 is 0. The fraction of sp³-hybridized carbons (Fsp3) is 0.636. The van der Waals surface area contributed by atoms with E-state index in [1.165, 1.54) is 12.8 Å². The maximum Gasteiger partial charge on any atom is 0.00693 e. The molecule has 3 atom stereocenters. The Hall–Kier alpha value is -0.520. The van der Waals surface area contributed by atoms with Crippen LogP contribution in [0.15, 0.2) is 24.3 Å². The van der Waals surface area contributed by atoms with Crippen LogP contribution < -0.4 is 0 Å². The van der Waals surface area contributed by atoms with Crippen LogP contribution in [0.25, 0.3) is 0 Å². The lowest BCUT2D eigenvalue weighted by Crippen LogP contribution is -2.09. The van der Waals surface area contributed by atoms with E-state index >= 15 is 0 Å². The molecule has 0 aliphatic heterocycles. The average Bonchev–Trinajstić information content (AvgIpc) is 2.44. The maximum absolute atomic E-state index is 2.41. The molecule has 0 aromatic rings. The molecule has 0 aromatic heterocycles. The Morgan fingerprint density at radius 3 is 2.73 bits per heavy atom. The number of hydrogen-bond donors (Lipinski definition) is 0. The lowest BCUT2D eigenvalue weighted by atomic mass is 9.85. The summed E-state index contributed by atoms with van der Waals surface area (Å²) in [5.74, 6) is 1.79. The Morgan fingerprint density at radius 2 is 2.27 bits per heavy atom. The first kappa shape index (κ1) is 7.15. The van der Waals surface area contributed by atoms with E-state index < -0.39 is 0 Å². The van der Waals surface area contributed by atoms with Crippen molar-refractivity contribution >= 4 is 0 Å². The van der Waals surface area contributed by atoms with E-state index in [4.69, 9.17) is 0 Å². The Labute approximate surface area is 69.0 Å². The van der Waals surface area contributed by atoms with E-state index in [2.05, 4.69) is 38.2 Å². The standard InChI is InChI=1S/C11H16/c1-3-5-11-6-4-10(8-11)9(2)7-11/h3-6,9-10H,7-8H2,1-2H3. The van der Waals surface area contributed by atoms with E-state index in [9.17, 15) is 0 Å². The first-order chi connectivity index (χ1) is 5.26. The number of hydrogen-bond acceptors (Lipinski definition) is 0. The van der Waals surface area contributed by atoms with Gasteiger partial charge < -0.3 is 0 Å². The van der Waals surface area contributed by atoms with Crippen molar-refractivity contribution in [2.45, 2.75) is 26.7 Å². The van der Waals surface area contributed by atoms with Crippen LogP contribution in [-0.2, 0) is 0 Å². The van der Waals surface area contributed by atoms with E-state index in [1.54, 1.807) is 0 Å². The van der Waals surface area contributed by atoms with Gasteiger partial charge in [-0.1, -0.05) is 31.2 Å². The Balaban J connectivity index is 2.25. The van der Waals surface area contributed by atoms with Gasteiger partial charge in [-0.05, 0) is 31.6 Å². The second kappa shape index (κ2) is 2.23. The third kappa shape index (κ3) is 0.962. The normalized spacial score (nSPS) is 47.8. The fourth-order valence-electron chi connectivity index (χ4n) is 2.71. The van der Waals surface area contributed by atoms with Crippen LogP contribution in [0.1, 0.15) is 26.7 Å². The summed E-state index contributed by atoms with van der Waals surface area (Å²) in [6.07, 6.45) is 12.2. The molecule has 0 amide bonds. The third-order valence-electron chi connectivity index (χ3n) is 3.22. The minimum atomic E-state index is 0.471. The van der Waals surface area contributed by atoms with Crippen LogP contribution in [-0.4, -0.2) is 0 Å². The van der Waals surface area contributed by atoms with Gasteiger partial charge in [0, 0.05) is 5.41 Å². The van der Waals surface area contributed by atoms with Crippen molar-refractivity contribution in [1.82, 2.24) is 0 Å². The van der Waals surface area contributed by atoms with Crippen LogP contribution in [0, 0.1) is 17.3 Å². The monoisotopic (exact) mass is 148 g/mol. The summed E-state index contributed by atoms with van der Waals surface area (Å²) in [4.78, 5) is 0. The zero-order chi connectivity index (χ0) is 7.90. The van der Waals surface area contributed by atoms with Gasteiger partial charge in [0.25, 0.3) is 0 Å². The molecule has 0 spiro atoms. The van der Waals surface area contributed by atoms with Crippen molar-refractivity contribution < 1.29 is 0 Å². The molecule has 1 saturated carbocycles. The molecular weight excluding hydrogens is 132 g/mol. The minimum absolute atomic E-state index is 0.471. The highest BCUT2D eigenvalue weighted by atomic mass is 14.5. The molecule has 0 heterocycles. The molecule has 2 bridgehead atoms. The lowest BCUT2D eigenvalue weighted by molar-refractivity contribution is 0.462. The van der Waals surface area contributed by atoms with E-state index in [-0.39, 0.29) is 0 Å². The zero-order valence-electron chi connectivity index (χ0n) is 7.38. The average molecular weight is 148 g/mol. The van der Waals surface area contributed by atoms with Gasteiger partial charge in [-0.15, -0.1) is 0 Å². The van der Waals surface area contributed by atoms with Crippen LogP contribution >= 0.6 is 0 Å². The van der Waals surface area contributed by atoms with Gasteiger partial charge in [-0.25, -0.2) is 0 Å². The second-order valence-corrected chi connectivity index (χ2v) is 4.14. The molecule has 2 rings (SSSR count). The molecule has 0 saturated heterocycles. The van der Waals surface area contributed by atoms with Gasteiger partial charge in [-0.3, -0.25) is 0 Å². The third-order valence-corrected chi connectivity index (χ3v) is 3.22. The van der Waals surface area contributed by atoms with Gasteiger partial charge >= 0.3 is 0 Å². The van der Waals surface area contributed by atoms with Crippen LogP contribution in [0.3, 0.4) is 0 Å². The molecule has 0 nitrogen and oxygen atoms in total. The van der Waals surface area contributed by atoms with Gasteiger partial charge in [0.05, 0.1) is 0 Å². The summed E-state index contributed by atoms with van der Waals surface area (Å²) in [6.45, 7) is 4.50. The molecule has 3 unspecified atom stereocenters. The largest absolute Gasteiger partial charge is 0.0908 e. The Morgan fingerprint density at radius 1 is 1.45 bits per heavy atom. The minimum Gasteiger partial charge on any atom is -0.0908 e. The highest BCUT2D eigenvalue weighted by molar-refractivity contribution is 5.24. The topological polar surface area (TPSA) is 0 Å². The van der Waals surface area contributed by atoms with Crippen molar-refractivity contribution in [3.05, 3.63) is 24.3 Å². The van der Waals surface area contributed by atoms with Crippen molar-refractivity contribution in [2.24, 2.45) is 17.3 Å². The first-order valence-corrected chi connectivity index (χ1v) is 4.59. The summed E-state index contributed by atoms with van der Waals surface area (Å²) >= 11 is 0. The summed E-state index contributed by atoms with van der Waals surface area (Å²) in [5, 5.41) is 0. The molecule has 0 radical (unpaired) electrons. The number of fused-ring (bicyclic) bond motifs is 2. The van der Waals surface area contributed by atoms with Crippen LogP contribution in [0.5, 0.6) is 0 Å². The predicted molar refractivity (Wildman–Crippen MR) is 48.3 cm³/mol. The lowest BCUT2D eigenvalue weighted by Gasteiger charge is -2.20. The molecule has 60 valence electrons. The predicted octanol–water partition coefficient (Wildman–Crippen LogP) is 3.16. The molecule has 2 aliphatic carbocycles. The first-order valence-electron chi connectivity index (χ1n) is 4.59. The smallest absolute Gasteiger partial charge is 0.00693 e. The highest BCUT2D eigenvalue weighted by Crippen LogP contribution is 2.53. The molecule has 11 heavy (non-hydrogen) atoms. The molecule has 0 aromatic carbocycles. The molecule has 2 aliphatic rings. The number of rotatable bonds is 1. The van der Waals surface area contributed by atoms with Crippen molar-refractivity contribution in [2.75, 3.05) is 0 Å². The molecule has 0 heteroatoms. The Kier molecular flexibility index (Phi) is 1.45. The zero-order valence-corrected chi connectivity index (χ0v) is 7.38. The van der Waals surface area contributed by atoms with E-state index in [0.717, 1.165) is 11.8 Å². The maximum atomic E-state index is 2.41. The van der Waals surface area contributed by atoms with E-state index in [0.29, 0.717) is 5.41 Å². The molecule has 0 N–H and O–H groups in total. The molecular formula is C11H16. The SMILES string of the molecule is CC=CC12C=CC(C1)C(C)C2. The summed E-state index contributed by atoms with van der Waals surface area (Å²) in [7, 11) is 0. The van der Waals surface area contributed by atoms with Gasteiger partial charge in [0.2, 0.25) is 0 Å². The van der Waals surface area contributed by atoms with Crippen molar-refractivity contribution in [3.8, 4) is 0 Å². The van der Waals surface area contributed by atoms with Crippen molar-refractivity contribution in [3.63, 3.8) is 0 Å². The van der Waals surface area contributed by atoms with Gasteiger partial charge in [0.15, 0.2) is 0 Å². The van der Waals surface area contributed by atoms with Gasteiger partial charge in [-0.2, -0.15) is 0 Å². The second-order valence-electron chi connectivity index (χ2n) is 4.14. The quantitative estimate of drug-likeness (QED) is 0.501. The van der Waals surface area contributed by atoms with Gasteiger partial charge in [0.1, 0.15) is 0 Å². The van der Waals surface area contributed by atoms with Crippen molar-refractivity contribution in [1.29, 1.82) is 0 Å². The summed E-state index contributed by atoms with van der Waals surface area (Å²) in [6, 6.07) is 0. The number of allylic oxidation sites excluding steroid dienone is 4. The van der Waals surface area contributed by atoms with Crippen LogP contribution in [0.2, 0.25) is 0 Å². The van der Waals surface area contributed by atoms with Crippen LogP contribution in [0.4, 0.5) is 0 Å². The molecule has 1 fully saturated rings. The Bertz CT molecular complexity index is 212. The summed E-state index contributed by atoms with van der Waals surface area (Å²) in [5.41, 5.74) is 0.471. The van der Waals surface area contributed by atoms with E-state index in [1.807, 2.05) is 0 Å².